The molecule has 4 rings (SSSR count). The van der Waals surface area contributed by atoms with Gasteiger partial charge in [-0.1, -0.05) is 38.5 Å². The third-order valence-corrected chi connectivity index (χ3v) is 20.4. The highest BCUT2D eigenvalue weighted by atomic mass is 16.7. The Morgan fingerprint density at radius 2 is 0.630 bits per heavy atom. The minimum absolute atomic E-state index is 0.0269. The van der Waals surface area contributed by atoms with Gasteiger partial charge in [0.15, 0.2) is 18.9 Å². The lowest BCUT2D eigenvalue weighted by Gasteiger charge is -2.42. The number of aliphatic hydroxyl groups is 10. The van der Waals surface area contributed by atoms with Crippen molar-refractivity contribution in [3.63, 3.8) is 0 Å². The molecule has 0 unspecified atom stereocenters. The van der Waals surface area contributed by atoms with E-state index >= 15 is 0 Å². The highest BCUT2D eigenvalue weighted by Gasteiger charge is 2.48. The van der Waals surface area contributed by atoms with Crippen LogP contribution in [0.3, 0.4) is 0 Å². The molecule has 4 saturated heterocycles. The molecule has 0 saturated carbocycles. The first kappa shape index (κ1) is 105. The summed E-state index contributed by atoms with van der Waals surface area (Å²) in [6.45, 7) is 4.68. The van der Waals surface area contributed by atoms with Crippen LogP contribution in [0.4, 0.5) is 0 Å². The zero-order valence-electron chi connectivity index (χ0n) is 69.7. The molecule has 41 nitrogen and oxygen atoms in total. The van der Waals surface area contributed by atoms with Crippen LogP contribution in [0.15, 0.2) is 0 Å². The highest BCUT2D eigenvalue weighted by Crippen LogP contribution is 2.27. The first-order chi connectivity index (χ1) is 57.0. The van der Waals surface area contributed by atoms with Crippen LogP contribution < -0.4 is 53.2 Å². The van der Waals surface area contributed by atoms with Crippen molar-refractivity contribution >= 4 is 65.0 Å². The normalized spacial score (nSPS) is 25.0. The fraction of sp³-hybridized carbons (Fsp3) is 0.859. The van der Waals surface area contributed by atoms with Crippen molar-refractivity contribution in [1.82, 2.24) is 58.1 Å². The van der Waals surface area contributed by atoms with Crippen LogP contribution in [0, 0.1) is 0 Å². The minimum Gasteiger partial charge on any atom is -0.394 e. The number of β-amino-alcohol motifs (C(OH)–C–C–N with tert-alkyl or cyclic N) is 1. The smallest absolute Gasteiger partial charge is 0.222 e. The molecule has 119 heavy (non-hydrogen) atoms. The molecule has 0 aromatic heterocycles. The van der Waals surface area contributed by atoms with Gasteiger partial charge in [-0.2, -0.15) is 0 Å². The first-order valence-corrected chi connectivity index (χ1v) is 42.2. The van der Waals surface area contributed by atoms with E-state index in [1.807, 2.05) is 6.92 Å². The van der Waals surface area contributed by atoms with E-state index in [4.69, 9.17) is 42.6 Å². The molecule has 41 heteroatoms. The Balaban J connectivity index is 1.29. The van der Waals surface area contributed by atoms with Gasteiger partial charge in [-0.3, -0.25) is 52.7 Å². The third-order valence-electron chi connectivity index (χ3n) is 20.4. The van der Waals surface area contributed by atoms with Gasteiger partial charge in [-0.25, -0.2) is 0 Å². The molecule has 4 fully saturated rings. The van der Waals surface area contributed by atoms with Crippen molar-refractivity contribution in [2.24, 2.45) is 0 Å². The van der Waals surface area contributed by atoms with Gasteiger partial charge in [0.2, 0.25) is 65.0 Å². The molecule has 20 N–H and O–H groups in total. The fourth-order valence-electron chi connectivity index (χ4n) is 13.8. The van der Waals surface area contributed by atoms with Crippen LogP contribution in [-0.2, 0) is 95.4 Å². The Bertz CT molecular complexity index is 2730. The number of carbonyl (C=O) groups excluding carboxylic acids is 11. The molecule has 686 valence electrons. The second-order valence-electron chi connectivity index (χ2n) is 30.8. The van der Waals surface area contributed by atoms with Crippen molar-refractivity contribution in [3.05, 3.63) is 0 Å². The molecule has 0 radical (unpaired) electrons. The number of carbonyl (C=O) groups is 11. The Morgan fingerprint density at radius 3 is 0.916 bits per heavy atom. The predicted octanol–water partition coefficient (Wildman–Crippen LogP) is -4.80. The maximum absolute atomic E-state index is 14.0. The van der Waals surface area contributed by atoms with Gasteiger partial charge in [0.25, 0.3) is 0 Å². The molecule has 11 amide bonds. The van der Waals surface area contributed by atoms with E-state index in [0.717, 1.165) is 44.9 Å². The molecule has 0 spiro atoms. The van der Waals surface area contributed by atoms with Crippen LogP contribution in [0.25, 0.3) is 0 Å². The summed E-state index contributed by atoms with van der Waals surface area (Å²) < 4.78 is 52.2. The van der Waals surface area contributed by atoms with Crippen molar-refractivity contribution < 1.29 is 146 Å². The number of nitrogens with one attached hydrogen (secondary N) is 10. The largest absolute Gasteiger partial charge is 0.394 e. The summed E-state index contributed by atoms with van der Waals surface area (Å²) in [4.78, 5) is 141. The fourth-order valence-corrected chi connectivity index (χ4v) is 13.8. The second-order valence-corrected chi connectivity index (χ2v) is 30.8. The summed E-state index contributed by atoms with van der Waals surface area (Å²) in [5.74, 6) is -3.66. The number of rotatable bonds is 63. The maximum atomic E-state index is 14.0. The number of aliphatic hydroxyl groups excluding tert-OH is 10. The zero-order chi connectivity index (χ0) is 87.5. The van der Waals surface area contributed by atoms with Gasteiger partial charge < -0.3 is 152 Å². The van der Waals surface area contributed by atoms with Crippen LogP contribution >= 0.6 is 0 Å². The Kier molecular flexibility index (Phi) is 52.8. The zero-order valence-corrected chi connectivity index (χ0v) is 69.7. The van der Waals surface area contributed by atoms with E-state index in [2.05, 4.69) is 53.2 Å². The Morgan fingerprint density at radius 1 is 0.353 bits per heavy atom. The van der Waals surface area contributed by atoms with Crippen LogP contribution in [0.2, 0.25) is 0 Å². The average Bonchev–Trinajstić information content (AvgIpc) is 1.51. The number of unbranched alkanes of at least 4 members (excludes halogenated alkanes) is 10. The summed E-state index contributed by atoms with van der Waals surface area (Å²) >= 11 is 0. The summed E-state index contributed by atoms with van der Waals surface area (Å²) in [6.07, 6.45) is -4.77. The van der Waals surface area contributed by atoms with E-state index in [-0.39, 0.29) is 197 Å². The van der Waals surface area contributed by atoms with E-state index in [1.54, 1.807) is 4.90 Å². The minimum atomic E-state index is -1.46. The van der Waals surface area contributed by atoms with Gasteiger partial charge in [0, 0.05) is 144 Å². The molecule has 4 heterocycles. The second kappa shape index (κ2) is 60.0. The van der Waals surface area contributed by atoms with Crippen LogP contribution in [0.5, 0.6) is 0 Å². The highest BCUT2D eigenvalue weighted by molar-refractivity contribution is 5.79. The number of amides is 11. The molecule has 4 aliphatic heterocycles. The van der Waals surface area contributed by atoms with Gasteiger partial charge >= 0.3 is 0 Å². The molecule has 0 aromatic carbocycles. The molecule has 17 atom stereocenters. The van der Waals surface area contributed by atoms with Gasteiger partial charge in [0.05, 0.1) is 65.6 Å². The monoisotopic (exact) mass is 1710 g/mol. The quantitative estimate of drug-likeness (QED) is 0.0254. The summed E-state index contributed by atoms with van der Waals surface area (Å²) in [7, 11) is 0. The first-order valence-electron chi connectivity index (χ1n) is 42.2. The van der Waals surface area contributed by atoms with Gasteiger partial charge in [-0.05, 0) is 84.0 Å². The topological polar surface area (TPSA) is 597 Å². The predicted molar refractivity (Wildman–Crippen MR) is 423 cm³/mol. The van der Waals surface area contributed by atoms with E-state index in [1.165, 1.54) is 20.8 Å². The Hall–Kier alpha value is -6.59. The number of ether oxygens (including phenoxy) is 9. The molecule has 0 aromatic rings. The lowest BCUT2D eigenvalue weighted by atomic mass is 9.97. The molecular formula is C78H139N11O30. The maximum Gasteiger partial charge on any atom is 0.222 e. The van der Waals surface area contributed by atoms with Crippen molar-refractivity contribution in [2.75, 3.05) is 125 Å². The van der Waals surface area contributed by atoms with Crippen molar-refractivity contribution in [2.45, 2.75) is 304 Å². The number of likely N-dealkylation sites (tertiary alicyclic amines) is 1. The average molecular weight is 1710 g/mol. The lowest BCUT2D eigenvalue weighted by Crippen LogP contribution is -2.64. The molecular weight excluding hydrogens is 1570 g/mol. The van der Waals surface area contributed by atoms with Crippen molar-refractivity contribution in [1.29, 1.82) is 0 Å². The molecule has 4 aliphatic rings. The van der Waals surface area contributed by atoms with Crippen molar-refractivity contribution in [3.8, 4) is 0 Å². The third kappa shape index (κ3) is 42.4. The summed E-state index contributed by atoms with van der Waals surface area (Å²) in [5, 5.41) is 128. The van der Waals surface area contributed by atoms with E-state index in [9.17, 15) is 104 Å². The van der Waals surface area contributed by atoms with E-state index < -0.39 is 141 Å². The van der Waals surface area contributed by atoms with Gasteiger partial charge in [-0.15, -0.1) is 0 Å². The Labute approximate surface area is 696 Å². The molecule has 0 aliphatic carbocycles. The lowest BCUT2D eigenvalue weighted by molar-refractivity contribution is -0.270. The standard InChI is InChI=1S/C78H139N11O30/c1-50-42-54(96)43-89(50)65(104)26-12-10-8-6-5-7-9-11-25-64(103)88-78(47-111-39-27-61(100)82-33-19-30-79-58(97)22-13-16-36-114-75-66(85-51(2)93)72(108)69(105)55(44-90)117-75,48-112-40-28-62(101)83-34-20-31-80-59(98)23-14-17-37-115-76-67(86-52(3)94)73(109)70(106)56(45-91)118-76)49-113-41-29-63(102)84-35-21-32-81-60(99)24-15-18-38-116-77-68(87-53(4)95)74(110)71(107)57(46-92)119-77/h50,54-57,66-77,90-92,96,105-110H,5-49H2,1-4H3,(H,79,97)(H,80,98)(H,81,99)(H,82,100)(H,83,101)(H,84,102)(H,85,93)(H,86,94)(H,87,95)(H,88,103)/t50-,54-,55-,56-,57-,66-,67-,68-,69+,70+,71+,72-,73-,74-,75-,76-,77-/m1/s1. The number of hydrogen-bond acceptors (Lipinski definition) is 30. The molecule has 0 bridgehead atoms. The number of nitrogens with zero attached hydrogens (tertiary/aromatic N) is 1. The van der Waals surface area contributed by atoms with Gasteiger partial charge in [0.1, 0.15) is 78.6 Å². The van der Waals surface area contributed by atoms with E-state index in [0.29, 0.717) is 83.6 Å². The summed E-state index contributed by atoms with van der Waals surface area (Å²) in [6, 6.07) is -3.26. The number of hydrogen-bond donors (Lipinski definition) is 20. The SMILES string of the molecule is CC(=O)N[C@H]1[C@H](OCCCCC(=O)NCCCNC(=O)CCOCC(COCCC(=O)NCCCNC(=O)CCCCO[C@@H]2O[C@H](CO)[C@H](O)[C@H](O)[C@H]2NC(C)=O)(COCCC(=O)NCCCNC(=O)CCCCO[C@@H]2O[C@H](CO)[C@H](O)[C@H](O)[C@H]2NC(C)=O)NC(=O)CCCCCCCCCCC(=O)N2C[C@H](O)C[C@H]2C)O[C@H](CO)[C@H](O)[C@@H]1O. The van der Waals surface area contributed by atoms with Crippen LogP contribution in [0.1, 0.15) is 195 Å². The van der Waals surface area contributed by atoms with Crippen LogP contribution in [-0.4, -0.2) is 356 Å². The summed E-state index contributed by atoms with van der Waals surface area (Å²) in [5.41, 5.74) is -1.42.